The Balaban J connectivity index is 2.16. The fourth-order valence-corrected chi connectivity index (χ4v) is 3.36. The zero-order valence-corrected chi connectivity index (χ0v) is 14.9. The van der Waals surface area contributed by atoms with Gasteiger partial charge in [0.05, 0.1) is 4.90 Å². The number of carbonyl (C=O) groups excluding carboxylic acids is 1. The first-order chi connectivity index (χ1) is 11.4. The highest BCUT2D eigenvalue weighted by Crippen LogP contribution is 2.17. The lowest BCUT2D eigenvalue weighted by Crippen LogP contribution is -2.30. The van der Waals surface area contributed by atoms with E-state index in [1.54, 1.807) is 53.4 Å². The van der Waals surface area contributed by atoms with Crippen molar-refractivity contribution in [3.8, 4) is 0 Å². The van der Waals surface area contributed by atoms with Gasteiger partial charge in [0.25, 0.3) is 15.9 Å². The number of nitrogens with zero attached hydrogens (tertiary/aromatic N) is 1. The van der Waals surface area contributed by atoms with Gasteiger partial charge >= 0.3 is 0 Å². The molecule has 1 amide bonds. The van der Waals surface area contributed by atoms with E-state index in [1.165, 1.54) is 0 Å². The highest BCUT2D eigenvalue weighted by molar-refractivity contribution is 7.92. The molecule has 0 saturated heterocycles. The zero-order chi connectivity index (χ0) is 17.7. The van der Waals surface area contributed by atoms with E-state index in [4.69, 9.17) is 0 Å². The van der Waals surface area contributed by atoms with Crippen molar-refractivity contribution < 1.29 is 13.2 Å². The van der Waals surface area contributed by atoms with Gasteiger partial charge in [-0.1, -0.05) is 17.7 Å². The monoisotopic (exact) mass is 346 g/mol. The minimum atomic E-state index is -3.63. The van der Waals surface area contributed by atoms with Gasteiger partial charge in [0.2, 0.25) is 0 Å². The second kappa shape index (κ2) is 7.49. The van der Waals surface area contributed by atoms with Crippen molar-refractivity contribution in [2.75, 3.05) is 17.8 Å². The Hall–Kier alpha value is -2.34. The molecular weight excluding hydrogens is 324 g/mol. The van der Waals surface area contributed by atoms with E-state index in [0.29, 0.717) is 24.3 Å². The molecule has 0 unspecified atom stereocenters. The number of nitrogens with one attached hydrogen (secondary N) is 1. The quantitative estimate of drug-likeness (QED) is 0.873. The topological polar surface area (TPSA) is 66.5 Å². The largest absolute Gasteiger partial charge is 0.339 e. The fraction of sp³-hybridized carbons (Fsp3) is 0.278. The van der Waals surface area contributed by atoms with Crippen LogP contribution in [0.2, 0.25) is 0 Å². The lowest BCUT2D eigenvalue weighted by atomic mass is 10.2. The molecule has 6 heteroatoms. The van der Waals surface area contributed by atoms with Crippen LogP contribution in [0.4, 0.5) is 5.69 Å². The first-order valence-electron chi connectivity index (χ1n) is 7.86. The summed E-state index contributed by atoms with van der Waals surface area (Å²) in [5.41, 5.74) is 1.96. The minimum Gasteiger partial charge on any atom is -0.339 e. The summed E-state index contributed by atoms with van der Waals surface area (Å²) in [5.74, 6) is -0.0621. The van der Waals surface area contributed by atoms with Gasteiger partial charge in [0, 0.05) is 24.3 Å². The second-order valence-electron chi connectivity index (χ2n) is 5.47. The molecular formula is C18H22N2O3S. The van der Waals surface area contributed by atoms with Crippen LogP contribution in [-0.4, -0.2) is 32.3 Å². The van der Waals surface area contributed by atoms with Crippen molar-refractivity contribution in [2.45, 2.75) is 25.7 Å². The number of amides is 1. The molecule has 0 bridgehead atoms. The lowest BCUT2D eigenvalue weighted by Gasteiger charge is -2.18. The van der Waals surface area contributed by atoms with Gasteiger partial charge < -0.3 is 4.90 Å². The Labute approximate surface area is 143 Å². The highest BCUT2D eigenvalue weighted by atomic mass is 32.2. The highest BCUT2D eigenvalue weighted by Gasteiger charge is 2.15. The van der Waals surface area contributed by atoms with E-state index in [-0.39, 0.29) is 10.8 Å². The molecule has 0 saturated carbocycles. The summed E-state index contributed by atoms with van der Waals surface area (Å²) in [4.78, 5) is 14.2. The van der Waals surface area contributed by atoms with Crippen LogP contribution < -0.4 is 4.72 Å². The Kier molecular flexibility index (Phi) is 5.62. The van der Waals surface area contributed by atoms with Crippen LogP contribution in [0.15, 0.2) is 53.4 Å². The van der Waals surface area contributed by atoms with Crippen LogP contribution in [0.25, 0.3) is 0 Å². The minimum absolute atomic E-state index is 0.0621. The Morgan fingerprint density at radius 2 is 1.50 bits per heavy atom. The van der Waals surface area contributed by atoms with E-state index < -0.39 is 10.0 Å². The van der Waals surface area contributed by atoms with Gasteiger partial charge in [-0.25, -0.2) is 8.42 Å². The molecule has 0 aliphatic carbocycles. The number of carbonyl (C=O) groups is 1. The molecule has 24 heavy (non-hydrogen) atoms. The number of hydrogen-bond donors (Lipinski definition) is 1. The van der Waals surface area contributed by atoms with Crippen molar-refractivity contribution in [3.05, 3.63) is 59.7 Å². The Morgan fingerprint density at radius 3 is 2.00 bits per heavy atom. The molecule has 0 spiro atoms. The number of anilines is 1. The van der Waals surface area contributed by atoms with Crippen molar-refractivity contribution in [2.24, 2.45) is 0 Å². The molecule has 0 aliphatic rings. The maximum absolute atomic E-state index is 12.3. The van der Waals surface area contributed by atoms with Crippen LogP contribution in [0.3, 0.4) is 0 Å². The molecule has 128 valence electrons. The number of aryl methyl sites for hydroxylation is 1. The van der Waals surface area contributed by atoms with Gasteiger partial charge in [0.1, 0.15) is 0 Å². The van der Waals surface area contributed by atoms with E-state index in [2.05, 4.69) is 4.72 Å². The van der Waals surface area contributed by atoms with E-state index in [1.807, 2.05) is 20.8 Å². The summed E-state index contributed by atoms with van der Waals surface area (Å²) in [5, 5.41) is 0. The molecule has 0 fully saturated rings. The fourth-order valence-electron chi connectivity index (χ4n) is 2.31. The van der Waals surface area contributed by atoms with E-state index in [9.17, 15) is 13.2 Å². The van der Waals surface area contributed by atoms with Crippen LogP contribution >= 0.6 is 0 Å². The van der Waals surface area contributed by atoms with Crippen molar-refractivity contribution in [3.63, 3.8) is 0 Å². The summed E-state index contributed by atoms with van der Waals surface area (Å²) in [7, 11) is -3.63. The normalized spacial score (nSPS) is 11.1. The van der Waals surface area contributed by atoms with E-state index >= 15 is 0 Å². The third kappa shape index (κ3) is 4.14. The maximum Gasteiger partial charge on any atom is 0.261 e. The van der Waals surface area contributed by atoms with Crippen molar-refractivity contribution in [1.82, 2.24) is 4.90 Å². The third-order valence-electron chi connectivity index (χ3n) is 3.77. The molecule has 2 aromatic rings. The average Bonchev–Trinajstić information content (AvgIpc) is 2.56. The standard InChI is InChI=1S/C18H22N2O3S/c1-4-20(5-2)18(21)15-8-10-16(11-9-15)19-24(22,23)17-12-6-14(3)7-13-17/h6-13,19H,4-5H2,1-3H3. The van der Waals surface area contributed by atoms with Gasteiger partial charge in [-0.2, -0.15) is 0 Å². The maximum atomic E-state index is 12.3. The molecule has 0 radical (unpaired) electrons. The Bertz CT molecular complexity index is 793. The molecule has 5 nitrogen and oxygen atoms in total. The van der Waals surface area contributed by atoms with Crippen LogP contribution in [-0.2, 0) is 10.0 Å². The van der Waals surface area contributed by atoms with Gasteiger partial charge in [-0.3, -0.25) is 9.52 Å². The second-order valence-corrected chi connectivity index (χ2v) is 7.16. The molecule has 0 atom stereocenters. The van der Waals surface area contributed by atoms with Gasteiger partial charge in [0.15, 0.2) is 0 Å². The number of benzene rings is 2. The molecule has 2 aromatic carbocycles. The van der Waals surface area contributed by atoms with Crippen molar-refractivity contribution >= 4 is 21.6 Å². The SMILES string of the molecule is CCN(CC)C(=O)c1ccc(NS(=O)(=O)c2ccc(C)cc2)cc1. The van der Waals surface area contributed by atoms with Crippen LogP contribution in [0.1, 0.15) is 29.8 Å². The van der Waals surface area contributed by atoms with Gasteiger partial charge in [-0.15, -0.1) is 0 Å². The summed E-state index contributed by atoms with van der Waals surface area (Å²) in [6.07, 6.45) is 0. The molecule has 0 aliphatic heterocycles. The predicted molar refractivity (Wildman–Crippen MR) is 95.7 cm³/mol. The van der Waals surface area contributed by atoms with Gasteiger partial charge in [-0.05, 0) is 57.2 Å². The first kappa shape index (κ1) is 18.0. The number of sulfonamides is 1. The van der Waals surface area contributed by atoms with Crippen molar-refractivity contribution in [1.29, 1.82) is 0 Å². The summed E-state index contributed by atoms with van der Waals surface area (Å²) < 4.78 is 27.2. The molecule has 0 aromatic heterocycles. The predicted octanol–water partition coefficient (Wildman–Crippen LogP) is 3.28. The molecule has 1 N–H and O–H groups in total. The average molecular weight is 346 g/mol. The third-order valence-corrected chi connectivity index (χ3v) is 5.16. The smallest absolute Gasteiger partial charge is 0.261 e. The number of hydrogen-bond acceptors (Lipinski definition) is 3. The van der Waals surface area contributed by atoms with E-state index in [0.717, 1.165) is 5.56 Å². The zero-order valence-electron chi connectivity index (χ0n) is 14.1. The lowest BCUT2D eigenvalue weighted by molar-refractivity contribution is 0.0773. The summed E-state index contributed by atoms with van der Waals surface area (Å²) in [6.45, 7) is 7.01. The molecule has 0 heterocycles. The Morgan fingerprint density at radius 1 is 0.958 bits per heavy atom. The first-order valence-corrected chi connectivity index (χ1v) is 9.34. The van der Waals surface area contributed by atoms with Crippen LogP contribution in [0, 0.1) is 6.92 Å². The number of rotatable bonds is 6. The van der Waals surface area contributed by atoms with Crippen LogP contribution in [0.5, 0.6) is 0 Å². The summed E-state index contributed by atoms with van der Waals surface area (Å²) >= 11 is 0. The molecule has 2 rings (SSSR count). The summed E-state index contributed by atoms with van der Waals surface area (Å²) in [6, 6.07) is 13.1.